The molecule has 0 radical (unpaired) electrons. The minimum Gasteiger partial charge on any atom is -0.376 e. The highest BCUT2D eigenvalue weighted by Gasteiger charge is 2.36. The summed E-state index contributed by atoms with van der Waals surface area (Å²) in [5.41, 5.74) is 2.58. The number of morpholine rings is 1. The van der Waals surface area contributed by atoms with E-state index in [2.05, 4.69) is 34.4 Å². The second-order valence-corrected chi connectivity index (χ2v) is 11.2. The highest BCUT2D eigenvalue weighted by Crippen LogP contribution is 2.27. The summed E-state index contributed by atoms with van der Waals surface area (Å²) in [7, 11) is -3.75. The summed E-state index contributed by atoms with van der Waals surface area (Å²) in [4.78, 5) is 15.4. The third kappa shape index (κ3) is 5.68. The van der Waals surface area contributed by atoms with Crippen molar-refractivity contribution in [1.82, 2.24) is 19.7 Å². The molecule has 186 valence electrons. The Morgan fingerprint density at radius 1 is 1.21 bits per heavy atom. The minimum absolute atomic E-state index is 0.111. The number of aromatic nitrogens is 1. The van der Waals surface area contributed by atoms with Crippen LogP contribution in [0.3, 0.4) is 0 Å². The Balaban J connectivity index is 1.34. The van der Waals surface area contributed by atoms with Gasteiger partial charge in [0.25, 0.3) is 0 Å². The molecule has 0 saturated carbocycles. The van der Waals surface area contributed by atoms with Crippen LogP contribution in [0, 0.1) is 19.8 Å². The molecule has 2 aromatic rings. The van der Waals surface area contributed by atoms with E-state index in [4.69, 9.17) is 9.26 Å². The Morgan fingerprint density at radius 2 is 2.00 bits per heavy atom. The molecule has 2 fully saturated rings. The molecular weight excluding hydrogens is 456 g/mol. The second kappa shape index (κ2) is 10.6. The van der Waals surface area contributed by atoms with Crippen molar-refractivity contribution in [3.05, 3.63) is 46.8 Å². The van der Waals surface area contributed by atoms with Gasteiger partial charge < -0.3 is 14.6 Å². The lowest BCUT2D eigenvalue weighted by atomic mass is 9.98. The van der Waals surface area contributed by atoms with E-state index in [9.17, 15) is 13.2 Å². The first-order valence-corrected chi connectivity index (χ1v) is 13.3. The van der Waals surface area contributed by atoms with E-state index in [-0.39, 0.29) is 35.1 Å². The number of hydrogen-bond donors (Lipinski definition) is 1. The van der Waals surface area contributed by atoms with Gasteiger partial charge in [-0.1, -0.05) is 29.4 Å². The van der Waals surface area contributed by atoms with Gasteiger partial charge in [0.2, 0.25) is 15.9 Å². The Bertz CT molecular complexity index is 1100. The van der Waals surface area contributed by atoms with Crippen LogP contribution in [0.5, 0.6) is 0 Å². The quantitative estimate of drug-likeness (QED) is 0.635. The fraction of sp³-hybridized carbons (Fsp3) is 0.583. The number of amides is 1. The van der Waals surface area contributed by atoms with Gasteiger partial charge in [0.15, 0.2) is 5.76 Å². The molecule has 10 heteroatoms. The number of piperidine rings is 1. The standard InChI is InChI=1S/C24H34N4O5S/c1-17-14-27(10-11-32-17)15-21-7-4-6-20(12-21)13-25-24(29)22-8-5-9-28(16-22)34(30,31)23-18(2)26-33-19(23)3/h4,6-7,12,17,22H,5,8-11,13-16H2,1-3H3,(H,25,29). The number of sulfonamides is 1. The molecule has 1 N–H and O–H groups in total. The van der Waals surface area contributed by atoms with Crippen LogP contribution in [-0.4, -0.2) is 67.6 Å². The molecule has 2 saturated heterocycles. The maximum atomic E-state index is 13.1. The van der Waals surface area contributed by atoms with Crippen molar-refractivity contribution in [3.8, 4) is 0 Å². The lowest BCUT2D eigenvalue weighted by molar-refractivity contribution is -0.126. The van der Waals surface area contributed by atoms with Crippen molar-refractivity contribution in [1.29, 1.82) is 0 Å². The number of rotatable bonds is 7. The largest absolute Gasteiger partial charge is 0.376 e. The summed E-state index contributed by atoms with van der Waals surface area (Å²) >= 11 is 0. The van der Waals surface area contributed by atoms with Crippen LogP contribution in [0.1, 0.15) is 42.3 Å². The van der Waals surface area contributed by atoms with E-state index < -0.39 is 10.0 Å². The minimum atomic E-state index is -3.75. The van der Waals surface area contributed by atoms with Gasteiger partial charge >= 0.3 is 0 Å². The first-order valence-electron chi connectivity index (χ1n) is 11.9. The average molecular weight is 491 g/mol. The maximum Gasteiger partial charge on any atom is 0.248 e. The van der Waals surface area contributed by atoms with Crippen LogP contribution in [0.2, 0.25) is 0 Å². The number of nitrogens with one attached hydrogen (secondary N) is 1. The summed E-state index contributed by atoms with van der Waals surface area (Å²) in [6.45, 7) is 9.69. The molecule has 0 aliphatic carbocycles. The van der Waals surface area contributed by atoms with Gasteiger partial charge in [0.1, 0.15) is 10.6 Å². The molecule has 1 amide bonds. The number of nitrogens with zero attached hydrogens (tertiary/aromatic N) is 3. The zero-order valence-corrected chi connectivity index (χ0v) is 20.9. The summed E-state index contributed by atoms with van der Waals surface area (Å²) in [6.07, 6.45) is 1.54. The van der Waals surface area contributed by atoms with Crippen molar-refractivity contribution in [3.63, 3.8) is 0 Å². The van der Waals surface area contributed by atoms with E-state index in [1.807, 2.05) is 12.1 Å². The number of carbonyl (C=O) groups is 1. The molecular formula is C24H34N4O5S. The monoisotopic (exact) mass is 490 g/mol. The van der Waals surface area contributed by atoms with Gasteiger partial charge in [-0.15, -0.1) is 0 Å². The van der Waals surface area contributed by atoms with E-state index in [0.717, 1.165) is 31.8 Å². The average Bonchev–Trinajstić information content (AvgIpc) is 3.16. The van der Waals surface area contributed by atoms with Gasteiger partial charge in [-0.2, -0.15) is 4.31 Å². The summed E-state index contributed by atoms with van der Waals surface area (Å²) in [5.74, 6) is -0.233. The Kier molecular flexibility index (Phi) is 7.71. The molecule has 3 heterocycles. The fourth-order valence-corrected chi connectivity index (χ4v) is 6.63. The van der Waals surface area contributed by atoms with Crippen molar-refractivity contribution in [2.45, 2.75) is 57.7 Å². The first-order chi connectivity index (χ1) is 16.2. The molecule has 0 spiro atoms. The Hall–Kier alpha value is -2.27. The molecule has 2 aliphatic rings. The highest BCUT2D eigenvalue weighted by atomic mass is 32.2. The van der Waals surface area contributed by atoms with Crippen LogP contribution in [-0.2, 0) is 32.6 Å². The fourth-order valence-electron chi connectivity index (χ4n) is 4.81. The molecule has 34 heavy (non-hydrogen) atoms. The normalized spacial score (nSPS) is 22.6. The molecule has 1 aromatic carbocycles. The third-order valence-corrected chi connectivity index (χ3v) is 8.62. The van der Waals surface area contributed by atoms with E-state index in [1.54, 1.807) is 13.8 Å². The van der Waals surface area contributed by atoms with Crippen LogP contribution in [0.15, 0.2) is 33.7 Å². The number of benzene rings is 1. The number of ether oxygens (including phenoxy) is 1. The molecule has 2 aliphatic heterocycles. The van der Waals surface area contributed by atoms with Crippen LogP contribution in [0.25, 0.3) is 0 Å². The van der Waals surface area contributed by atoms with Crippen molar-refractivity contribution >= 4 is 15.9 Å². The lowest BCUT2D eigenvalue weighted by Crippen LogP contribution is -2.45. The van der Waals surface area contributed by atoms with Gasteiger partial charge in [-0.3, -0.25) is 9.69 Å². The van der Waals surface area contributed by atoms with E-state index in [0.29, 0.717) is 31.6 Å². The molecule has 0 bridgehead atoms. The summed E-state index contributed by atoms with van der Waals surface area (Å²) in [5, 5.41) is 6.78. The van der Waals surface area contributed by atoms with Crippen LogP contribution in [0.4, 0.5) is 0 Å². The molecule has 9 nitrogen and oxygen atoms in total. The lowest BCUT2D eigenvalue weighted by Gasteiger charge is -2.31. The summed E-state index contributed by atoms with van der Waals surface area (Å²) in [6, 6.07) is 8.24. The van der Waals surface area contributed by atoms with Crippen molar-refractivity contribution < 1.29 is 22.5 Å². The molecule has 4 rings (SSSR count). The number of carbonyl (C=O) groups excluding carboxylic acids is 1. The zero-order chi connectivity index (χ0) is 24.3. The summed E-state index contributed by atoms with van der Waals surface area (Å²) < 4.78 is 38.3. The maximum absolute atomic E-state index is 13.1. The first kappa shape index (κ1) is 24.8. The van der Waals surface area contributed by atoms with Crippen LogP contribution < -0.4 is 5.32 Å². The molecule has 2 unspecified atom stereocenters. The van der Waals surface area contributed by atoms with Gasteiger partial charge in [-0.25, -0.2) is 8.42 Å². The third-order valence-electron chi connectivity index (χ3n) is 6.51. The predicted molar refractivity (Wildman–Crippen MR) is 126 cm³/mol. The topological polar surface area (TPSA) is 105 Å². The smallest absolute Gasteiger partial charge is 0.248 e. The Labute approximate surface area is 201 Å². The van der Waals surface area contributed by atoms with Gasteiger partial charge in [0.05, 0.1) is 18.6 Å². The second-order valence-electron chi connectivity index (χ2n) is 9.31. The molecule has 2 atom stereocenters. The number of hydrogen-bond acceptors (Lipinski definition) is 7. The highest BCUT2D eigenvalue weighted by molar-refractivity contribution is 7.89. The SMILES string of the molecule is Cc1noc(C)c1S(=O)(=O)N1CCCC(C(=O)NCc2cccc(CN3CCOC(C)C3)c2)C1. The van der Waals surface area contributed by atoms with Crippen LogP contribution >= 0.6 is 0 Å². The van der Waals surface area contributed by atoms with E-state index in [1.165, 1.54) is 9.87 Å². The molecule has 1 aromatic heterocycles. The van der Waals surface area contributed by atoms with Crippen molar-refractivity contribution in [2.24, 2.45) is 5.92 Å². The van der Waals surface area contributed by atoms with E-state index >= 15 is 0 Å². The van der Waals surface area contributed by atoms with Gasteiger partial charge in [0, 0.05) is 39.3 Å². The van der Waals surface area contributed by atoms with Crippen molar-refractivity contribution in [2.75, 3.05) is 32.8 Å². The zero-order valence-electron chi connectivity index (χ0n) is 20.1. The Morgan fingerprint density at radius 3 is 2.74 bits per heavy atom. The predicted octanol–water partition coefficient (Wildman–Crippen LogP) is 2.23. The van der Waals surface area contributed by atoms with Gasteiger partial charge in [-0.05, 0) is 44.7 Å². The number of aryl methyl sites for hydroxylation is 2.